The zero-order valence-electron chi connectivity index (χ0n) is 12.4. The molecule has 2 aliphatic heterocycles. The minimum absolute atomic E-state index is 0.237. The summed E-state index contributed by atoms with van der Waals surface area (Å²) in [4.78, 5) is 24.4. The highest BCUT2D eigenvalue weighted by Gasteiger charge is 2.79. The molecule has 7 nitrogen and oxygen atoms in total. The van der Waals surface area contributed by atoms with Crippen LogP contribution in [0, 0.1) is 11.8 Å². The minimum Gasteiger partial charge on any atom is -0.453 e. The van der Waals surface area contributed by atoms with Gasteiger partial charge in [-0.05, 0) is 32.5 Å². The fourth-order valence-electron chi connectivity index (χ4n) is 4.02. The molecule has 0 aromatic carbocycles. The Hall–Kier alpha value is -1.38. The van der Waals surface area contributed by atoms with Crippen molar-refractivity contribution in [1.82, 2.24) is 5.32 Å². The molecule has 0 bridgehead atoms. The van der Waals surface area contributed by atoms with Crippen molar-refractivity contribution < 1.29 is 29.5 Å². The van der Waals surface area contributed by atoms with Gasteiger partial charge in [0.15, 0.2) is 5.60 Å². The highest BCUT2D eigenvalue weighted by atomic mass is 16.6. The first-order chi connectivity index (χ1) is 10.3. The van der Waals surface area contributed by atoms with E-state index >= 15 is 0 Å². The highest BCUT2D eigenvalue weighted by Crippen LogP contribution is 2.53. The van der Waals surface area contributed by atoms with Gasteiger partial charge in [0.2, 0.25) is 11.4 Å². The van der Waals surface area contributed by atoms with Crippen LogP contribution in [-0.2, 0) is 14.3 Å². The average Bonchev–Trinajstić information content (AvgIpc) is 2.65. The zero-order chi connectivity index (χ0) is 16.1. The van der Waals surface area contributed by atoms with Crippen LogP contribution in [0.2, 0.25) is 6.32 Å². The normalized spacial score (nSPS) is 41.3. The molecular weight excluding hydrogens is 289 g/mol. The third-order valence-corrected chi connectivity index (χ3v) is 5.30. The number of ether oxygens (including phenoxy) is 1. The molecule has 5 atom stereocenters. The lowest BCUT2D eigenvalue weighted by Gasteiger charge is -2.54. The SMILES string of the molecule is C[C@@]12OC(=O)[C@]1([C@@H](O)[C@@H]1C=CCCC1)NC(=O)[C@@H]2CB(O)O. The van der Waals surface area contributed by atoms with Gasteiger partial charge in [0.05, 0.1) is 12.0 Å². The fraction of sp³-hybridized carbons (Fsp3) is 0.714. The van der Waals surface area contributed by atoms with E-state index < -0.39 is 42.2 Å². The van der Waals surface area contributed by atoms with Gasteiger partial charge in [-0.1, -0.05) is 12.2 Å². The van der Waals surface area contributed by atoms with Crippen LogP contribution in [0.3, 0.4) is 0 Å². The number of allylic oxidation sites excluding steroid dienone is 1. The van der Waals surface area contributed by atoms with Crippen LogP contribution in [0.4, 0.5) is 0 Å². The summed E-state index contributed by atoms with van der Waals surface area (Å²) in [5.74, 6) is -2.29. The van der Waals surface area contributed by atoms with Crippen LogP contribution >= 0.6 is 0 Å². The van der Waals surface area contributed by atoms with Gasteiger partial charge >= 0.3 is 13.1 Å². The molecule has 0 spiro atoms. The third kappa shape index (κ3) is 1.87. The Bertz CT molecular complexity index is 537. The zero-order valence-corrected chi connectivity index (χ0v) is 12.4. The molecule has 1 amide bonds. The molecule has 120 valence electrons. The van der Waals surface area contributed by atoms with Gasteiger partial charge in [-0.2, -0.15) is 0 Å². The van der Waals surface area contributed by atoms with Gasteiger partial charge in [0.1, 0.15) is 0 Å². The number of hydrogen-bond donors (Lipinski definition) is 4. The molecule has 2 saturated heterocycles. The number of aliphatic hydroxyl groups is 1. The van der Waals surface area contributed by atoms with Gasteiger partial charge in [-0.25, -0.2) is 4.79 Å². The molecule has 3 aliphatic rings. The smallest absolute Gasteiger partial charge is 0.452 e. The average molecular weight is 309 g/mol. The Balaban J connectivity index is 1.93. The first kappa shape index (κ1) is 15.5. The van der Waals surface area contributed by atoms with Crippen molar-refractivity contribution in [3.8, 4) is 0 Å². The molecule has 1 aliphatic carbocycles. The van der Waals surface area contributed by atoms with Crippen molar-refractivity contribution in [3.63, 3.8) is 0 Å². The van der Waals surface area contributed by atoms with Crippen molar-refractivity contribution in [2.24, 2.45) is 11.8 Å². The summed E-state index contributed by atoms with van der Waals surface area (Å²) < 4.78 is 5.22. The molecule has 2 heterocycles. The number of fused-ring (bicyclic) bond motifs is 1. The van der Waals surface area contributed by atoms with Crippen LogP contribution in [0.5, 0.6) is 0 Å². The van der Waals surface area contributed by atoms with Crippen molar-refractivity contribution in [3.05, 3.63) is 12.2 Å². The van der Waals surface area contributed by atoms with Crippen LogP contribution < -0.4 is 5.32 Å². The summed E-state index contributed by atoms with van der Waals surface area (Å²) in [7, 11) is -1.69. The summed E-state index contributed by atoms with van der Waals surface area (Å²) >= 11 is 0. The summed E-state index contributed by atoms with van der Waals surface area (Å²) in [5, 5.41) is 31.7. The van der Waals surface area contributed by atoms with Crippen LogP contribution in [0.15, 0.2) is 12.2 Å². The van der Waals surface area contributed by atoms with Crippen molar-refractivity contribution in [1.29, 1.82) is 0 Å². The second kappa shape index (κ2) is 5.08. The quantitative estimate of drug-likeness (QED) is 0.300. The first-order valence-corrected chi connectivity index (χ1v) is 7.59. The Kier molecular flexibility index (Phi) is 3.58. The standard InChI is InChI=1S/C14H20BNO6/c1-13-9(7-15(20)21)11(18)16-14(13,12(19)22-13)10(17)8-5-3-2-4-6-8/h3,5,8-10,17,20-21H,2,4,6-7H2,1H3,(H,16,18)/t8-,9+,10+,13+,14+/m1/s1. The molecular formula is C14H20BNO6. The maximum atomic E-state index is 12.2. The molecule has 0 saturated carbocycles. The Labute approximate surface area is 128 Å². The van der Waals surface area contributed by atoms with E-state index in [9.17, 15) is 24.7 Å². The second-order valence-corrected chi connectivity index (χ2v) is 6.53. The van der Waals surface area contributed by atoms with E-state index in [4.69, 9.17) is 4.74 Å². The number of nitrogens with one attached hydrogen (secondary N) is 1. The molecule has 4 N–H and O–H groups in total. The number of rotatable bonds is 4. The molecule has 0 aromatic rings. The Morgan fingerprint density at radius 2 is 2.23 bits per heavy atom. The molecule has 3 rings (SSSR count). The Morgan fingerprint density at radius 3 is 2.77 bits per heavy atom. The number of amides is 1. The Morgan fingerprint density at radius 1 is 1.50 bits per heavy atom. The lowest BCUT2D eigenvalue weighted by atomic mass is 9.61. The summed E-state index contributed by atoms with van der Waals surface area (Å²) in [5.41, 5.74) is -2.77. The third-order valence-electron chi connectivity index (χ3n) is 5.30. The number of esters is 1. The van der Waals surface area contributed by atoms with Crippen LogP contribution in [-0.4, -0.2) is 51.4 Å². The lowest BCUT2D eigenvalue weighted by Crippen LogP contribution is -2.80. The molecule has 22 heavy (non-hydrogen) atoms. The largest absolute Gasteiger partial charge is 0.453 e. The van der Waals surface area contributed by atoms with Gasteiger partial charge in [0, 0.05) is 5.92 Å². The van der Waals surface area contributed by atoms with Crippen molar-refractivity contribution >= 4 is 19.0 Å². The van der Waals surface area contributed by atoms with E-state index in [1.54, 1.807) is 6.92 Å². The summed E-state index contributed by atoms with van der Waals surface area (Å²) in [6.45, 7) is 1.56. The molecule has 0 unspecified atom stereocenters. The van der Waals surface area contributed by atoms with Crippen molar-refractivity contribution in [2.45, 2.75) is 49.8 Å². The van der Waals surface area contributed by atoms with E-state index in [2.05, 4.69) is 5.32 Å². The van der Waals surface area contributed by atoms with Gasteiger partial charge in [-0.15, -0.1) is 0 Å². The van der Waals surface area contributed by atoms with Crippen molar-refractivity contribution in [2.75, 3.05) is 0 Å². The number of aliphatic hydroxyl groups excluding tert-OH is 1. The van der Waals surface area contributed by atoms with Gasteiger partial charge < -0.3 is 25.2 Å². The van der Waals surface area contributed by atoms with E-state index in [1.165, 1.54) is 0 Å². The summed E-state index contributed by atoms with van der Waals surface area (Å²) in [6.07, 6.45) is 5.06. The monoisotopic (exact) mass is 309 g/mol. The van der Waals surface area contributed by atoms with Gasteiger partial charge in [0.25, 0.3) is 0 Å². The molecule has 0 radical (unpaired) electrons. The molecule has 8 heteroatoms. The molecule has 2 fully saturated rings. The fourth-order valence-corrected chi connectivity index (χ4v) is 4.02. The minimum atomic E-state index is -1.69. The number of carbonyl (C=O) groups excluding carboxylic acids is 2. The lowest BCUT2D eigenvalue weighted by molar-refractivity contribution is -0.237. The highest BCUT2D eigenvalue weighted by molar-refractivity contribution is 6.41. The van der Waals surface area contributed by atoms with Crippen LogP contribution in [0.25, 0.3) is 0 Å². The maximum Gasteiger partial charge on any atom is 0.452 e. The topological polar surface area (TPSA) is 116 Å². The van der Waals surface area contributed by atoms with E-state index in [-0.39, 0.29) is 12.2 Å². The second-order valence-electron chi connectivity index (χ2n) is 6.53. The summed E-state index contributed by atoms with van der Waals surface area (Å²) in [6, 6.07) is 0. The first-order valence-electron chi connectivity index (χ1n) is 7.59. The number of hydrogen-bond acceptors (Lipinski definition) is 6. The predicted octanol–water partition coefficient (Wildman–Crippen LogP) is -1.02. The van der Waals surface area contributed by atoms with Crippen LogP contribution in [0.1, 0.15) is 26.2 Å². The number of carbonyl (C=O) groups is 2. The maximum absolute atomic E-state index is 12.2. The predicted molar refractivity (Wildman–Crippen MR) is 76.3 cm³/mol. The van der Waals surface area contributed by atoms with Gasteiger partial charge in [-0.3, -0.25) is 4.79 Å². The van der Waals surface area contributed by atoms with E-state index in [0.717, 1.165) is 19.3 Å². The van der Waals surface area contributed by atoms with E-state index in [1.807, 2.05) is 12.2 Å². The van der Waals surface area contributed by atoms with E-state index in [0.29, 0.717) is 0 Å². The molecule has 0 aromatic heterocycles.